The molecule has 0 radical (unpaired) electrons. The average Bonchev–Trinajstić information content (AvgIpc) is 2.74. The second kappa shape index (κ2) is 9.68. The largest absolute Gasteiger partial charge is 0.352 e. The fraction of sp³-hybridized carbons (Fsp3) is 0.143. The van der Waals surface area contributed by atoms with Crippen molar-refractivity contribution in [2.45, 2.75) is 16.2 Å². The number of sulfone groups is 1. The van der Waals surface area contributed by atoms with Gasteiger partial charge in [-0.2, -0.15) is 0 Å². The lowest BCUT2D eigenvalue weighted by Gasteiger charge is -2.11. The first kappa shape index (κ1) is 23.7. The Morgan fingerprint density at radius 2 is 1.69 bits per heavy atom. The smallest absolute Gasteiger partial charge is 0.261 e. The highest BCUT2D eigenvalue weighted by Gasteiger charge is 2.19. The molecule has 11 heteroatoms. The summed E-state index contributed by atoms with van der Waals surface area (Å²) in [5.41, 5.74) is 1.14. The molecule has 0 saturated carbocycles. The van der Waals surface area contributed by atoms with E-state index in [1.165, 1.54) is 42.5 Å². The number of sulfonamides is 1. The van der Waals surface area contributed by atoms with Gasteiger partial charge in [-0.1, -0.05) is 17.7 Å². The molecule has 2 N–H and O–H groups in total. The van der Waals surface area contributed by atoms with Crippen molar-refractivity contribution in [3.05, 3.63) is 83.1 Å². The third-order valence-electron chi connectivity index (χ3n) is 4.45. The van der Waals surface area contributed by atoms with Crippen molar-refractivity contribution in [3.8, 4) is 0 Å². The highest BCUT2D eigenvalue weighted by atomic mass is 35.5. The minimum absolute atomic E-state index is 0.0214. The Labute approximate surface area is 191 Å². The van der Waals surface area contributed by atoms with Crippen LogP contribution < -0.4 is 10.0 Å². The van der Waals surface area contributed by atoms with Crippen molar-refractivity contribution in [2.75, 3.05) is 17.5 Å². The van der Waals surface area contributed by atoms with E-state index < -0.39 is 25.8 Å². The molecule has 1 aromatic heterocycles. The fourth-order valence-electron chi connectivity index (χ4n) is 2.79. The van der Waals surface area contributed by atoms with Crippen molar-refractivity contribution in [2.24, 2.45) is 0 Å². The number of nitrogens with one attached hydrogen (secondary N) is 2. The second-order valence-electron chi connectivity index (χ2n) is 6.91. The van der Waals surface area contributed by atoms with E-state index in [1.54, 1.807) is 18.5 Å². The van der Waals surface area contributed by atoms with E-state index in [1.807, 2.05) is 6.07 Å². The van der Waals surface area contributed by atoms with Gasteiger partial charge in [-0.15, -0.1) is 0 Å². The Bertz CT molecular complexity index is 1330. The number of amides is 1. The number of rotatable bonds is 8. The molecule has 8 nitrogen and oxygen atoms in total. The van der Waals surface area contributed by atoms with Crippen LogP contribution in [0.3, 0.4) is 0 Å². The topological polar surface area (TPSA) is 122 Å². The number of carbonyl (C=O) groups is 1. The van der Waals surface area contributed by atoms with E-state index in [9.17, 15) is 21.6 Å². The molecule has 1 amide bonds. The predicted molar refractivity (Wildman–Crippen MR) is 122 cm³/mol. The molecule has 0 saturated heterocycles. The Hall–Kier alpha value is -2.95. The summed E-state index contributed by atoms with van der Waals surface area (Å²) in [5.74, 6) is -0.506. The number of hydrogen-bond donors (Lipinski definition) is 2. The lowest BCUT2D eigenvalue weighted by molar-refractivity contribution is 0.0954. The van der Waals surface area contributed by atoms with Gasteiger partial charge in [-0.05, 0) is 60.5 Å². The van der Waals surface area contributed by atoms with Gasteiger partial charge < -0.3 is 5.32 Å². The molecule has 0 aliphatic rings. The first-order valence-electron chi connectivity index (χ1n) is 9.36. The molecule has 3 aromatic rings. The van der Waals surface area contributed by atoms with Crippen molar-refractivity contribution in [1.82, 2.24) is 10.3 Å². The first-order chi connectivity index (χ1) is 15.1. The molecule has 32 heavy (non-hydrogen) atoms. The lowest BCUT2D eigenvalue weighted by atomic mass is 10.2. The molecular weight excluding hydrogens is 474 g/mol. The fourth-order valence-corrected chi connectivity index (χ4v) is 4.71. The number of aromatic nitrogens is 1. The van der Waals surface area contributed by atoms with Crippen LogP contribution in [-0.4, -0.2) is 40.5 Å². The molecule has 0 aliphatic heterocycles. The molecule has 1 heterocycles. The Morgan fingerprint density at radius 1 is 1.00 bits per heavy atom. The highest BCUT2D eigenvalue weighted by molar-refractivity contribution is 7.92. The van der Waals surface area contributed by atoms with Crippen LogP contribution in [0.25, 0.3) is 0 Å². The summed E-state index contributed by atoms with van der Waals surface area (Å²) in [5, 5.41) is 2.83. The first-order valence-corrected chi connectivity index (χ1v) is 13.1. The van der Waals surface area contributed by atoms with Gasteiger partial charge >= 0.3 is 0 Å². The van der Waals surface area contributed by atoms with Crippen molar-refractivity contribution in [1.29, 1.82) is 0 Å². The maximum absolute atomic E-state index is 12.8. The SMILES string of the molecule is CS(=O)(=O)c1ccc(NS(=O)(=O)c2ccc(Cl)c(C(=O)NCCc3cccnc3)c2)cc1. The molecule has 0 spiro atoms. The molecule has 2 aromatic carbocycles. The zero-order valence-electron chi connectivity index (χ0n) is 16.9. The number of carbonyl (C=O) groups excluding carboxylic acids is 1. The Balaban J connectivity index is 1.73. The van der Waals surface area contributed by atoms with Gasteiger partial charge in [0.2, 0.25) is 0 Å². The van der Waals surface area contributed by atoms with E-state index in [4.69, 9.17) is 11.6 Å². The summed E-state index contributed by atoms with van der Waals surface area (Å²) < 4.78 is 51.0. The number of benzene rings is 2. The molecular formula is C21H20ClN3O5S2. The average molecular weight is 494 g/mol. The molecule has 0 aliphatic carbocycles. The van der Waals surface area contributed by atoms with Gasteiger partial charge in [0, 0.05) is 30.9 Å². The van der Waals surface area contributed by atoms with E-state index in [2.05, 4.69) is 15.0 Å². The minimum atomic E-state index is -4.04. The summed E-state index contributed by atoms with van der Waals surface area (Å²) in [6.45, 7) is 0.322. The van der Waals surface area contributed by atoms with E-state index in [-0.39, 0.29) is 26.1 Å². The van der Waals surface area contributed by atoms with Gasteiger partial charge in [0.25, 0.3) is 15.9 Å². The molecule has 0 fully saturated rings. The van der Waals surface area contributed by atoms with Gasteiger partial charge in [0.05, 0.1) is 20.4 Å². The molecule has 0 unspecified atom stereocenters. The number of hydrogen-bond acceptors (Lipinski definition) is 6. The summed E-state index contributed by atoms with van der Waals surface area (Å²) >= 11 is 6.11. The summed E-state index contributed by atoms with van der Waals surface area (Å²) in [6, 6.07) is 12.8. The van der Waals surface area contributed by atoms with Crippen LogP contribution in [0.1, 0.15) is 15.9 Å². The molecule has 0 bridgehead atoms. The predicted octanol–water partition coefficient (Wildman–Crippen LogP) is 2.91. The minimum Gasteiger partial charge on any atom is -0.352 e. The number of halogens is 1. The van der Waals surface area contributed by atoms with Gasteiger partial charge in [0.1, 0.15) is 0 Å². The monoisotopic (exact) mass is 493 g/mol. The molecule has 3 rings (SSSR count). The number of pyridine rings is 1. The van der Waals surface area contributed by atoms with Crippen LogP contribution in [0.4, 0.5) is 5.69 Å². The van der Waals surface area contributed by atoms with Gasteiger partial charge in [-0.25, -0.2) is 16.8 Å². The van der Waals surface area contributed by atoms with Crippen LogP contribution in [0, 0.1) is 0 Å². The third-order valence-corrected chi connectivity index (χ3v) is 7.29. The van der Waals surface area contributed by atoms with E-state index in [0.29, 0.717) is 13.0 Å². The zero-order valence-corrected chi connectivity index (χ0v) is 19.3. The molecule has 168 valence electrons. The summed E-state index contributed by atoms with van der Waals surface area (Å²) in [4.78, 5) is 16.5. The van der Waals surface area contributed by atoms with Gasteiger partial charge in [0.15, 0.2) is 9.84 Å². The van der Waals surface area contributed by atoms with Gasteiger partial charge in [-0.3, -0.25) is 14.5 Å². The van der Waals surface area contributed by atoms with Crippen LogP contribution >= 0.6 is 11.6 Å². The Morgan fingerprint density at radius 3 is 2.31 bits per heavy atom. The summed E-state index contributed by atoms with van der Waals surface area (Å²) in [7, 11) is -7.44. The maximum Gasteiger partial charge on any atom is 0.261 e. The van der Waals surface area contributed by atoms with Crippen LogP contribution in [0.5, 0.6) is 0 Å². The van der Waals surface area contributed by atoms with E-state index >= 15 is 0 Å². The van der Waals surface area contributed by atoms with Crippen molar-refractivity contribution < 1.29 is 21.6 Å². The zero-order chi connectivity index (χ0) is 23.4. The number of nitrogens with zero attached hydrogens (tertiary/aromatic N) is 1. The quantitative estimate of drug-likeness (QED) is 0.497. The maximum atomic E-state index is 12.8. The summed E-state index contributed by atoms with van der Waals surface area (Å²) in [6.07, 6.45) is 4.96. The van der Waals surface area contributed by atoms with Crippen LogP contribution in [-0.2, 0) is 26.3 Å². The molecule has 0 atom stereocenters. The van der Waals surface area contributed by atoms with E-state index in [0.717, 1.165) is 11.8 Å². The lowest BCUT2D eigenvalue weighted by Crippen LogP contribution is -2.26. The van der Waals surface area contributed by atoms with Crippen LogP contribution in [0.15, 0.2) is 76.8 Å². The van der Waals surface area contributed by atoms with Crippen LogP contribution in [0.2, 0.25) is 5.02 Å². The van der Waals surface area contributed by atoms with Crippen molar-refractivity contribution in [3.63, 3.8) is 0 Å². The Kier molecular flexibility index (Phi) is 7.17. The number of anilines is 1. The normalized spacial score (nSPS) is 11.7. The second-order valence-corrected chi connectivity index (χ2v) is 11.0. The standard InChI is InChI=1S/C21H20ClN3O5S2/c1-31(27,28)17-6-4-16(5-7-17)25-32(29,30)18-8-9-20(22)19(13-18)21(26)24-12-10-15-3-2-11-23-14-15/h2-9,11,13-14,25H,10,12H2,1H3,(H,24,26). The third kappa shape index (κ3) is 6.06. The van der Waals surface area contributed by atoms with Crippen molar-refractivity contribution >= 4 is 43.1 Å². The highest BCUT2D eigenvalue weighted by Crippen LogP contribution is 2.23.